The van der Waals surface area contributed by atoms with E-state index in [2.05, 4.69) is 46.6 Å². The smallest absolute Gasteiger partial charge is 0.222 e. The first kappa shape index (κ1) is 23.0. The van der Waals surface area contributed by atoms with Gasteiger partial charge in [0.15, 0.2) is 0 Å². The number of aromatic nitrogens is 2. The first-order valence-electron chi connectivity index (χ1n) is 12.6. The van der Waals surface area contributed by atoms with E-state index in [9.17, 15) is 4.79 Å². The minimum atomic E-state index is -0.0252. The van der Waals surface area contributed by atoms with Crippen LogP contribution in [0.1, 0.15) is 55.1 Å². The van der Waals surface area contributed by atoms with Crippen LogP contribution in [-0.4, -0.2) is 29.0 Å². The van der Waals surface area contributed by atoms with E-state index >= 15 is 0 Å². The lowest BCUT2D eigenvalue weighted by Gasteiger charge is -2.26. The average molecular weight is 465 g/mol. The van der Waals surface area contributed by atoms with Crippen molar-refractivity contribution in [2.75, 3.05) is 18.0 Å². The molecule has 1 atom stereocenters. The Kier molecular flexibility index (Phi) is 7.03. The highest BCUT2D eigenvalue weighted by Crippen LogP contribution is 2.40. The van der Waals surface area contributed by atoms with Crippen molar-refractivity contribution < 1.29 is 4.79 Å². The Bertz CT molecular complexity index is 1270. The minimum absolute atomic E-state index is 0.0252. The zero-order valence-electron chi connectivity index (χ0n) is 20.2. The van der Waals surface area contributed by atoms with Gasteiger partial charge in [-0.15, -0.1) is 0 Å². The lowest BCUT2D eigenvalue weighted by Crippen LogP contribution is -2.34. The topological polar surface area (TPSA) is 58.1 Å². The third kappa shape index (κ3) is 5.86. The summed E-state index contributed by atoms with van der Waals surface area (Å²) in [6, 6.07) is 28.8. The van der Waals surface area contributed by atoms with E-state index in [1.807, 2.05) is 55.5 Å². The third-order valence-corrected chi connectivity index (χ3v) is 6.64. The fraction of sp³-hybridized carbons (Fsp3) is 0.300. The highest BCUT2D eigenvalue weighted by Gasteiger charge is 2.28. The molecular formula is C30H32N4O. The first-order chi connectivity index (χ1) is 17.2. The van der Waals surface area contributed by atoms with E-state index in [1.54, 1.807) is 0 Å². The maximum Gasteiger partial charge on any atom is 0.222 e. The molecule has 178 valence electrons. The Morgan fingerprint density at radius 3 is 2.34 bits per heavy atom. The molecule has 1 aromatic heterocycles. The summed E-state index contributed by atoms with van der Waals surface area (Å²) in [5.74, 6) is 2.39. The van der Waals surface area contributed by atoms with Crippen molar-refractivity contribution in [3.8, 4) is 0 Å². The number of nitrogens with one attached hydrogen (secondary N) is 1. The standard InChI is InChI=1S/C30H32N4O/c1-22(24-12-6-3-7-13-24)31-28(35)19-21-34(20-18-23-10-4-2-5-11-23)30-26-14-8-9-15-27(26)32-29(33-30)25-16-17-25/h2-15,22,25H,16-21H2,1H3,(H,31,35). The molecule has 5 heteroatoms. The fourth-order valence-electron chi connectivity index (χ4n) is 4.45. The molecule has 1 fully saturated rings. The molecular weight excluding hydrogens is 432 g/mol. The van der Waals surface area contributed by atoms with Gasteiger partial charge in [0.25, 0.3) is 0 Å². The second-order valence-electron chi connectivity index (χ2n) is 9.37. The summed E-state index contributed by atoms with van der Waals surface area (Å²) in [5.41, 5.74) is 3.37. The highest BCUT2D eigenvalue weighted by atomic mass is 16.1. The van der Waals surface area contributed by atoms with Crippen LogP contribution in [0.25, 0.3) is 10.9 Å². The number of anilines is 1. The van der Waals surface area contributed by atoms with Crippen LogP contribution in [0.3, 0.4) is 0 Å². The van der Waals surface area contributed by atoms with Gasteiger partial charge >= 0.3 is 0 Å². The van der Waals surface area contributed by atoms with Crippen LogP contribution >= 0.6 is 0 Å². The van der Waals surface area contributed by atoms with Gasteiger partial charge < -0.3 is 10.2 Å². The molecule has 0 aliphatic heterocycles. The molecule has 3 aromatic carbocycles. The SMILES string of the molecule is CC(NC(=O)CCN(CCc1ccccc1)c1nc(C2CC2)nc2ccccc12)c1ccccc1. The zero-order chi connectivity index (χ0) is 24.0. The van der Waals surface area contributed by atoms with Crippen LogP contribution in [-0.2, 0) is 11.2 Å². The fourth-order valence-corrected chi connectivity index (χ4v) is 4.45. The van der Waals surface area contributed by atoms with Gasteiger partial charge in [-0.2, -0.15) is 0 Å². The maximum absolute atomic E-state index is 12.9. The van der Waals surface area contributed by atoms with Crippen LogP contribution in [0.15, 0.2) is 84.9 Å². The number of nitrogens with zero attached hydrogens (tertiary/aromatic N) is 3. The van der Waals surface area contributed by atoms with Crippen LogP contribution in [0.4, 0.5) is 5.82 Å². The Morgan fingerprint density at radius 1 is 0.914 bits per heavy atom. The number of para-hydroxylation sites is 1. The summed E-state index contributed by atoms with van der Waals surface area (Å²) in [7, 11) is 0. The van der Waals surface area contributed by atoms with Crippen LogP contribution < -0.4 is 10.2 Å². The summed E-state index contributed by atoms with van der Waals surface area (Å²) in [6.07, 6.45) is 3.60. The summed E-state index contributed by atoms with van der Waals surface area (Å²) in [4.78, 5) is 25.1. The molecule has 1 N–H and O–H groups in total. The predicted molar refractivity (Wildman–Crippen MR) is 141 cm³/mol. The van der Waals surface area contributed by atoms with E-state index in [0.717, 1.165) is 53.9 Å². The Hall–Kier alpha value is -3.73. The molecule has 5 nitrogen and oxygen atoms in total. The van der Waals surface area contributed by atoms with E-state index in [4.69, 9.17) is 9.97 Å². The summed E-state index contributed by atoms with van der Waals surface area (Å²) in [6.45, 7) is 3.42. The van der Waals surface area contributed by atoms with Gasteiger partial charge in [0.2, 0.25) is 5.91 Å². The third-order valence-electron chi connectivity index (χ3n) is 6.64. The number of amides is 1. The largest absolute Gasteiger partial charge is 0.355 e. The Morgan fingerprint density at radius 2 is 1.60 bits per heavy atom. The van der Waals surface area contributed by atoms with Crippen molar-refractivity contribution in [2.24, 2.45) is 0 Å². The number of hydrogen-bond acceptors (Lipinski definition) is 4. The lowest BCUT2D eigenvalue weighted by atomic mass is 10.1. The average Bonchev–Trinajstić information content (AvgIpc) is 3.75. The van der Waals surface area contributed by atoms with E-state index < -0.39 is 0 Å². The molecule has 4 aromatic rings. The minimum Gasteiger partial charge on any atom is -0.355 e. The van der Waals surface area contributed by atoms with Crippen molar-refractivity contribution >= 4 is 22.6 Å². The molecule has 1 aliphatic rings. The molecule has 1 heterocycles. The van der Waals surface area contributed by atoms with Crippen molar-refractivity contribution in [1.82, 2.24) is 15.3 Å². The monoisotopic (exact) mass is 464 g/mol. The van der Waals surface area contributed by atoms with Gasteiger partial charge in [-0.25, -0.2) is 9.97 Å². The quantitative estimate of drug-likeness (QED) is 0.321. The maximum atomic E-state index is 12.9. The number of fused-ring (bicyclic) bond motifs is 1. The summed E-state index contributed by atoms with van der Waals surface area (Å²) in [5, 5.41) is 4.20. The van der Waals surface area contributed by atoms with Crippen molar-refractivity contribution in [2.45, 2.75) is 44.6 Å². The number of hydrogen-bond donors (Lipinski definition) is 1. The Labute approximate surface area is 207 Å². The molecule has 1 unspecified atom stereocenters. The number of carbonyl (C=O) groups is 1. The van der Waals surface area contributed by atoms with Crippen molar-refractivity contribution in [3.63, 3.8) is 0 Å². The van der Waals surface area contributed by atoms with Crippen LogP contribution in [0.5, 0.6) is 0 Å². The van der Waals surface area contributed by atoms with E-state index in [1.165, 1.54) is 5.56 Å². The number of benzene rings is 3. The van der Waals surface area contributed by atoms with Crippen molar-refractivity contribution in [1.29, 1.82) is 0 Å². The van der Waals surface area contributed by atoms with Gasteiger partial charge in [-0.1, -0.05) is 72.8 Å². The molecule has 0 saturated heterocycles. The first-order valence-corrected chi connectivity index (χ1v) is 12.6. The second-order valence-corrected chi connectivity index (χ2v) is 9.37. The highest BCUT2D eigenvalue weighted by molar-refractivity contribution is 5.90. The van der Waals surface area contributed by atoms with Gasteiger partial charge in [-0.3, -0.25) is 4.79 Å². The molecule has 0 radical (unpaired) electrons. The molecule has 0 spiro atoms. The van der Waals surface area contributed by atoms with Crippen LogP contribution in [0, 0.1) is 0 Å². The number of carbonyl (C=O) groups excluding carboxylic acids is 1. The molecule has 35 heavy (non-hydrogen) atoms. The predicted octanol–water partition coefficient (Wildman–Crippen LogP) is 5.82. The molecule has 1 saturated carbocycles. The summed E-state index contributed by atoms with van der Waals surface area (Å²) >= 11 is 0. The lowest BCUT2D eigenvalue weighted by molar-refractivity contribution is -0.121. The van der Waals surface area contributed by atoms with E-state index in [-0.39, 0.29) is 11.9 Å². The normalized spacial score (nSPS) is 14.0. The van der Waals surface area contributed by atoms with Gasteiger partial charge in [0, 0.05) is 30.8 Å². The zero-order valence-corrected chi connectivity index (χ0v) is 20.2. The number of rotatable bonds is 10. The van der Waals surface area contributed by atoms with E-state index in [0.29, 0.717) is 18.9 Å². The Balaban J connectivity index is 1.37. The van der Waals surface area contributed by atoms with Gasteiger partial charge in [0.05, 0.1) is 11.6 Å². The van der Waals surface area contributed by atoms with Crippen LogP contribution in [0.2, 0.25) is 0 Å². The van der Waals surface area contributed by atoms with Gasteiger partial charge in [-0.05, 0) is 49.4 Å². The molecule has 1 amide bonds. The van der Waals surface area contributed by atoms with Gasteiger partial charge in [0.1, 0.15) is 11.6 Å². The second kappa shape index (κ2) is 10.7. The molecule has 0 bridgehead atoms. The summed E-state index contributed by atoms with van der Waals surface area (Å²) < 4.78 is 0. The molecule has 5 rings (SSSR count). The molecule has 1 aliphatic carbocycles. The van der Waals surface area contributed by atoms with Crippen molar-refractivity contribution in [3.05, 3.63) is 102 Å².